The maximum absolute atomic E-state index is 12.0. The van der Waals surface area contributed by atoms with E-state index in [1.807, 2.05) is 0 Å². The third kappa shape index (κ3) is 4.35. The van der Waals surface area contributed by atoms with Crippen molar-refractivity contribution in [3.05, 3.63) is 59.7 Å². The predicted octanol–water partition coefficient (Wildman–Crippen LogP) is 2.66. The zero-order valence-electron chi connectivity index (χ0n) is 11.2. The van der Waals surface area contributed by atoms with E-state index in [0.29, 0.717) is 17.7 Å². The fourth-order valence-electron chi connectivity index (χ4n) is 1.86. The second-order valence-corrected chi connectivity index (χ2v) is 4.60. The van der Waals surface area contributed by atoms with Crippen LogP contribution in [-0.2, 0) is 11.2 Å². The van der Waals surface area contributed by atoms with Gasteiger partial charge in [0, 0.05) is 17.7 Å². The van der Waals surface area contributed by atoms with Crippen LogP contribution in [0.5, 0.6) is 5.75 Å². The van der Waals surface area contributed by atoms with Crippen molar-refractivity contribution in [1.82, 2.24) is 0 Å². The number of anilines is 1. The van der Waals surface area contributed by atoms with E-state index in [1.54, 1.807) is 36.4 Å². The zero-order chi connectivity index (χ0) is 15.2. The van der Waals surface area contributed by atoms with E-state index in [-0.39, 0.29) is 18.1 Å². The van der Waals surface area contributed by atoms with Gasteiger partial charge in [-0.2, -0.15) is 0 Å². The van der Waals surface area contributed by atoms with Crippen molar-refractivity contribution in [2.24, 2.45) is 0 Å². The van der Waals surface area contributed by atoms with Crippen molar-refractivity contribution >= 4 is 17.6 Å². The first kappa shape index (κ1) is 14.6. The number of nitrogens with one attached hydrogen (secondary N) is 1. The molecule has 5 heteroatoms. The topological polar surface area (TPSA) is 86.6 Å². The highest BCUT2D eigenvalue weighted by molar-refractivity contribution is 6.04. The average Bonchev–Trinajstić information content (AvgIpc) is 2.46. The lowest BCUT2D eigenvalue weighted by molar-refractivity contribution is -0.136. The minimum Gasteiger partial charge on any atom is -0.508 e. The van der Waals surface area contributed by atoms with Crippen LogP contribution in [-0.4, -0.2) is 22.1 Å². The number of aliphatic carboxylic acids is 1. The molecule has 0 radical (unpaired) electrons. The molecule has 0 saturated carbocycles. The van der Waals surface area contributed by atoms with E-state index in [0.717, 1.165) is 5.56 Å². The number of phenols is 1. The Hall–Kier alpha value is -2.82. The fraction of sp³-hybridized carbons (Fsp3) is 0.125. The summed E-state index contributed by atoms with van der Waals surface area (Å²) in [6.45, 7) is 0. The number of phenolic OH excluding ortho intramolecular Hbond substituents is 1. The van der Waals surface area contributed by atoms with Gasteiger partial charge in [0.2, 0.25) is 0 Å². The first-order valence-electron chi connectivity index (χ1n) is 6.46. The Balaban J connectivity index is 2.00. The van der Waals surface area contributed by atoms with Crippen LogP contribution in [0.2, 0.25) is 0 Å². The summed E-state index contributed by atoms with van der Waals surface area (Å²) in [5.41, 5.74) is 1.88. The molecular weight excluding hydrogens is 270 g/mol. The number of hydrogen-bond donors (Lipinski definition) is 3. The van der Waals surface area contributed by atoms with Crippen LogP contribution in [0, 0.1) is 0 Å². The summed E-state index contributed by atoms with van der Waals surface area (Å²) in [7, 11) is 0. The molecule has 21 heavy (non-hydrogen) atoms. The van der Waals surface area contributed by atoms with E-state index in [9.17, 15) is 14.7 Å². The van der Waals surface area contributed by atoms with Crippen LogP contribution in [0.3, 0.4) is 0 Å². The van der Waals surface area contributed by atoms with Gasteiger partial charge in [-0.15, -0.1) is 0 Å². The molecule has 0 unspecified atom stereocenters. The van der Waals surface area contributed by atoms with E-state index >= 15 is 0 Å². The fourth-order valence-corrected chi connectivity index (χ4v) is 1.86. The number of aromatic hydroxyl groups is 1. The number of carbonyl (C=O) groups is 2. The Bertz CT molecular complexity index is 650. The molecule has 108 valence electrons. The van der Waals surface area contributed by atoms with Crippen LogP contribution in [0.15, 0.2) is 48.5 Å². The van der Waals surface area contributed by atoms with Crippen molar-refractivity contribution in [3.63, 3.8) is 0 Å². The standard InChI is InChI=1S/C16H15NO4/c18-14-3-1-2-12(10-14)16(21)17-13-7-4-11(5-8-13)6-9-15(19)20/h1-5,7-8,10,18H,6,9H2,(H,17,21)(H,19,20). The number of hydrogen-bond acceptors (Lipinski definition) is 3. The molecule has 2 rings (SSSR count). The third-order valence-electron chi connectivity index (χ3n) is 2.95. The number of carboxylic acid groups (broad SMARTS) is 1. The molecule has 0 aromatic heterocycles. The number of carboxylic acids is 1. The Morgan fingerprint density at radius 2 is 1.76 bits per heavy atom. The molecule has 3 N–H and O–H groups in total. The second kappa shape index (κ2) is 6.56. The van der Waals surface area contributed by atoms with Gasteiger partial charge < -0.3 is 15.5 Å². The zero-order valence-corrected chi connectivity index (χ0v) is 11.2. The number of benzene rings is 2. The Morgan fingerprint density at radius 3 is 2.38 bits per heavy atom. The van der Waals surface area contributed by atoms with Crippen LogP contribution in [0.4, 0.5) is 5.69 Å². The highest BCUT2D eigenvalue weighted by Gasteiger charge is 2.07. The van der Waals surface area contributed by atoms with Gasteiger partial charge in [-0.1, -0.05) is 18.2 Å². The van der Waals surface area contributed by atoms with Crippen LogP contribution in [0.25, 0.3) is 0 Å². The van der Waals surface area contributed by atoms with E-state index in [2.05, 4.69) is 5.32 Å². The largest absolute Gasteiger partial charge is 0.508 e. The third-order valence-corrected chi connectivity index (χ3v) is 2.95. The van der Waals surface area contributed by atoms with Crippen molar-refractivity contribution in [3.8, 4) is 5.75 Å². The van der Waals surface area contributed by atoms with Crippen molar-refractivity contribution < 1.29 is 19.8 Å². The van der Waals surface area contributed by atoms with Crippen molar-refractivity contribution in [1.29, 1.82) is 0 Å². The molecule has 0 aliphatic heterocycles. The molecule has 5 nitrogen and oxygen atoms in total. The SMILES string of the molecule is O=C(O)CCc1ccc(NC(=O)c2cccc(O)c2)cc1. The number of rotatable bonds is 5. The highest BCUT2D eigenvalue weighted by atomic mass is 16.4. The molecule has 0 atom stereocenters. The van der Waals surface area contributed by atoms with E-state index in [4.69, 9.17) is 5.11 Å². The number of carbonyl (C=O) groups excluding carboxylic acids is 1. The van der Waals surface area contributed by atoms with E-state index < -0.39 is 5.97 Å². The number of aryl methyl sites for hydroxylation is 1. The molecule has 1 amide bonds. The summed E-state index contributed by atoms with van der Waals surface area (Å²) < 4.78 is 0. The molecule has 0 spiro atoms. The van der Waals surface area contributed by atoms with Gasteiger partial charge in [0.1, 0.15) is 5.75 Å². The lowest BCUT2D eigenvalue weighted by atomic mass is 10.1. The van der Waals surface area contributed by atoms with Crippen LogP contribution >= 0.6 is 0 Å². The summed E-state index contributed by atoms with van der Waals surface area (Å²) in [6, 6.07) is 13.1. The summed E-state index contributed by atoms with van der Waals surface area (Å²) in [4.78, 5) is 22.5. The van der Waals surface area contributed by atoms with E-state index in [1.165, 1.54) is 12.1 Å². The summed E-state index contributed by atoms with van der Waals surface area (Å²) >= 11 is 0. The molecule has 2 aromatic rings. The first-order valence-corrected chi connectivity index (χ1v) is 6.46. The molecule has 2 aromatic carbocycles. The first-order chi connectivity index (χ1) is 10.0. The van der Waals surface area contributed by atoms with Gasteiger partial charge in [0.15, 0.2) is 0 Å². The number of amides is 1. The highest BCUT2D eigenvalue weighted by Crippen LogP contribution is 2.15. The Labute approximate surface area is 121 Å². The predicted molar refractivity (Wildman–Crippen MR) is 78.5 cm³/mol. The summed E-state index contributed by atoms with van der Waals surface area (Å²) in [5, 5.41) is 20.7. The maximum Gasteiger partial charge on any atom is 0.303 e. The maximum atomic E-state index is 12.0. The van der Waals surface area contributed by atoms with Crippen molar-refractivity contribution in [2.75, 3.05) is 5.32 Å². The summed E-state index contributed by atoms with van der Waals surface area (Å²) in [5.74, 6) is -1.12. The van der Waals surface area contributed by atoms with Gasteiger partial charge in [-0.25, -0.2) is 0 Å². The second-order valence-electron chi connectivity index (χ2n) is 4.60. The minimum atomic E-state index is -0.837. The van der Waals surface area contributed by atoms with Gasteiger partial charge in [-0.3, -0.25) is 9.59 Å². The normalized spacial score (nSPS) is 10.1. The lowest BCUT2D eigenvalue weighted by Gasteiger charge is -2.06. The Kier molecular flexibility index (Phi) is 4.56. The monoisotopic (exact) mass is 285 g/mol. The molecule has 0 aliphatic rings. The lowest BCUT2D eigenvalue weighted by Crippen LogP contribution is -2.11. The van der Waals surface area contributed by atoms with Crippen LogP contribution in [0.1, 0.15) is 22.3 Å². The van der Waals surface area contributed by atoms with Gasteiger partial charge >= 0.3 is 5.97 Å². The minimum absolute atomic E-state index is 0.0340. The summed E-state index contributed by atoms with van der Waals surface area (Å²) in [6.07, 6.45) is 0.533. The smallest absolute Gasteiger partial charge is 0.303 e. The molecule has 0 fully saturated rings. The quantitative estimate of drug-likeness (QED) is 0.788. The van der Waals surface area contributed by atoms with Crippen LogP contribution < -0.4 is 5.32 Å². The van der Waals surface area contributed by atoms with Gasteiger partial charge in [0.25, 0.3) is 5.91 Å². The van der Waals surface area contributed by atoms with Gasteiger partial charge in [-0.05, 0) is 42.3 Å². The molecule has 0 saturated heterocycles. The van der Waals surface area contributed by atoms with Crippen molar-refractivity contribution in [2.45, 2.75) is 12.8 Å². The average molecular weight is 285 g/mol. The molecule has 0 bridgehead atoms. The Morgan fingerprint density at radius 1 is 1.05 bits per heavy atom. The molecular formula is C16H15NO4. The van der Waals surface area contributed by atoms with Gasteiger partial charge in [0.05, 0.1) is 0 Å². The molecule has 0 aliphatic carbocycles. The molecule has 0 heterocycles.